The Morgan fingerprint density at radius 1 is 1.21 bits per heavy atom. The molecule has 0 aromatic heterocycles. The number of nitrogens with one attached hydrogen (secondary N) is 2. The highest BCUT2D eigenvalue weighted by atomic mass is 79.9. The van der Waals surface area contributed by atoms with E-state index in [4.69, 9.17) is 0 Å². The Hall–Kier alpha value is -2.21. The van der Waals surface area contributed by atoms with E-state index < -0.39 is 0 Å². The first-order chi connectivity index (χ1) is 11.4. The zero-order valence-corrected chi connectivity index (χ0v) is 15.0. The van der Waals surface area contributed by atoms with Crippen molar-refractivity contribution in [3.05, 3.63) is 63.9 Å². The quantitative estimate of drug-likeness (QED) is 0.806. The van der Waals surface area contributed by atoms with Crippen molar-refractivity contribution >= 4 is 33.4 Å². The normalized spacial score (nSPS) is 11.7. The molecular weight excluding hydrogens is 375 g/mol. The van der Waals surface area contributed by atoms with Gasteiger partial charge < -0.3 is 10.6 Å². The molecule has 0 bridgehead atoms. The molecule has 0 heterocycles. The van der Waals surface area contributed by atoms with E-state index >= 15 is 0 Å². The number of benzene rings is 2. The van der Waals surface area contributed by atoms with Gasteiger partial charge in [0.2, 0.25) is 5.91 Å². The van der Waals surface area contributed by atoms with Gasteiger partial charge in [-0.2, -0.15) is 0 Å². The first kappa shape index (κ1) is 18.1. The van der Waals surface area contributed by atoms with Crippen molar-refractivity contribution in [3.8, 4) is 0 Å². The smallest absolute Gasteiger partial charge is 0.251 e. The van der Waals surface area contributed by atoms with Gasteiger partial charge in [-0.15, -0.1) is 0 Å². The number of carbonyl (C=O) groups excluding carboxylic acids is 2. The van der Waals surface area contributed by atoms with Gasteiger partial charge in [-0.1, -0.05) is 18.2 Å². The summed E-state index contributed by atoms with van der Waals surface area (Å²) < 4.78 is 13.7. The topological polar surface area (TPSA) is 58.2 Å². The maximum atomic E-state index is 13.4. The molecule has 2 rings (SSSR count). The van der Waals surface area contributed by atoms with E-state index in [1.54, 1.807) is 38.1 Å². The lowest BCUT2D eigenvalue weighted by molar-refractivity contribution is -0.116. The third-order valence-corrected chi connectivity index (χ3v) is 4.05. The van der Waals surface area contributed by atoms with Gasteiger partial charge in [-0.25, -0.2) is 4.39 Å². The zero-order chi connectivity index (χ0) is 17.7. The van der Waals surface area contributed by atoms with Crippen LogP contribution in [0.15, 0.2) is 46.9 Å². The fourth-order valence-electron chi connectivity index (χ4n) is 2.21. The summed E-state index contributed by atoms with van der Waals surface area (Å²) in [6.45, 7) is 3.47. The maximum absolute atomic E-state index is 13.4. The number of hydrogen-bond acceptors (Lipinski definition) is 2. The van der Waals surface area contributed by atoms with Crippen LogP contribution in [0.3, 0.4) is 0 Å². The third-order valence-electron chi connectivity index (χ3n) is 3.45. The molecule has 1 unspecified atom stereocenters. The number of aryl methyl sites for hydroxylation is 1. The molecule has 1 atom stereocenters. The van der Waals surface area contributed by atoms with E-state index in [-0.39, 0.29) is 34.6 Å². The van der Waals surface area contributed by atoms with Gasteiger partial charge >= 0.3 is 0 Å². The number of halogens is 2. The Bertz CT molecular complexity index is 750. The maximum Gasteiger partial charge on any atom is 0.251 e. The SMILES string of the molecule is Cc1cc(F)c(Br)cc1NC(=O)CC(C)NC(=O)c1ccccc1. The second-order valence-electron chi connectivity index (χ2n) is 5.57. The molecule has 126 valence electrons. The second-order valence-corrected chi connectivity index (χ2v) is 6.43. The summed E-state index contributed by atoms with van der Waals surface area (Å²) in [5, 5.41) is 5.51. The molecule has 4 nitrogen and oxygen atoms in total. The largest absolute Gasteiger partial charge is 0.349 e. The van der Waals surface area contributed by atoms with Crippen LogP contribution < -0.4 is 10.6 Å². The summed E-state index contributed by atoms with van der Waals surface area (Å²) >= 11 is 3.10. The van der Waals surface area contributed by atoms with Gasteiger partial charge in [-0.3, -0.25) is 9.59 Å². The minimum Gasteiger partial charge on any atom is -0.349 e. The first-order valence-electron chi connectivity index (χ1n) is 7.48. The molecular formula is C18H18BrFN2O2. The fraction of sp³-hybridized carbons (Fsp3) is 0.222. The van der Waals surface area contributed by atoms with Crippen LogP contribution in [0.25, 0.3) is 0 Å². The average molecular weight is 393 g/mol. The number of anilines is 1. The summed E-state index contributed by atoms with van der Waals surface area (Å²) in [7, 11) is 0. The van der Waals surface area contributed by atoms with Crippen LogP contribution >= 0.6 is 15.9 Å². The van der Waals surface area contributed by atoms with Crippen molar-refractivity contribution in [2.45, 2.75) is 26.3 Å². The number of hydrogen-bond donors (Lipinski definition) is 2. The Kier molecular flexibility index (Phi) is 6.09. The number of carbonyl (C=O) groups is 2. The predicted molar refractivity (Wildman–Crippen MR) is 95.5 cm³/mol. The summed E-state index contributed by atoms with van der Waals surface area (Å²) in [6.07, 6.45) is 0.118. The molecule has 2 aromatic rings. The Morgan fingerprint density at radius 3 is 2.54 bits per heavy atom. The highest BCUT2D eigenvalue weighted by Gasteiger charge is 2.14. The molecule has 2 amide bonds. The van der Waals surface area contributed by atoms with E-state index in [1.165, 1.54) is 12.1 Å². The highest BCUT2D eigenvalue weighted by Crippen LogP contribution is 2.24. The van der Waals surface area contributed by atoms with Crippen molar-refractivity contribution in [3.63, 3.8) is 0 Å². The molecule has 0 radical (unpaired) electrons. The van der Waals surface area contributed by atoms with Crippen molar-refractivity contribution < 1.29 is 14.0 Å². The van der Waals surface area contributed by atoms with Crippen LogP contribution in [-0.4, -0.2) is 17.9 Å². The molecule has 2 aromatic carbocycles. The van der Waals surface area contributed by atoms with Crippen molar-refractivity contribution in [1.82, 2.24) is 5.32 Å². The van der Waals surface area contributed by atoms with Gasteiger partial charge in [0, 0.05) is 23.7 Å². The van der Waals surface area contributed by atoms with Crippen LogP contribution in [0.2, 0.25) is 0 Å². The Morgan fingerprint density at radius 2 is 1.88 bits per heavy atom. The molecule has 2 N–H and O–H groups in total. The highest BCUT2D eigenvalue weighted by molar-refractivity contribution is 9.10. The molecule has 0 aliphatic carbocycles. The van der Waals surface area contributed by atoms with Gasteiger partial charge in [0.05, 0.1) is 4.47 Å². The molecule has 0 aliphatic rings. The van der Waals surface area contributed by atoms with Gasteiger partial charge in [0.15, 0.2) is 0 Å². The lowest BCUT2D eigenvalue weighted by Crippen LogP contribution is -2.35. The number of amides is 2. The van der Waals surface area contributed by atoms with Crippen LogP contribution in [0.4, 0.5) is 10.1 Å². The molecule has 0 saturated carbocycles. The van der Waals surface area contributed by atoms with E-state index in [2.05, 4.69) is 26.6 Å². The zero-order valence-electron chi connectivity index (χ0n) is 13.4. The van der Waals surface area contributed by atoms with Crippen LogP contribution in [-0.2, 0) is 4.79 Å². The van der Waals surface area contributed by atoms with Crippen molar-refractivity contribution in [1.29, 1.82) is 0 Å². The lowest BCUT2D eigenvalue weighted by Gasteiger charge is -2.15. The second kappa shape index (κ2) is 8.06. The van der Waals surface area contributed by atoms with E-state index in [0.717, 1.165) is 0 Å². The molecule has 6 heteroatoms. The number of rotatable bonds is 5. The van der Waals surface area contributed by atoms with Crippen LogP contribution in [0, 0.1) is 12.7 Å². The fourth-order valence-corrected chi connectivity index (χ4v) is 2.55. The standard InChI is InChI=1S/C18H18BrFN2O2/c1-11-8-15(20)14(19)10-16(11)22-17(23)9-12(2)21-18(24)13-6-4-3-5-7-13/h3-8,10,12H,9H2,1-2H3,(H,21,24)(H,22,23). The van der Waals surface area contributed by atoms with Crippen molar-refractivity contribution in [2.75, 3.05) is 5.32 Å². The molecule has 0 saturated heterocycles. The summed E-state index contributed by atoms with van der Waals surface area (Å²) in [6, 6.07) is 11.3. The predicted octanol–water partition coefficient (Wildman–Crippen LogP) is 4.04. The summed E-state index contributed by atoms with van der Waals surface area (Å²) in [5.41, 5.74) is 1.71. The third kappa shape index (κ3) is 4.89. The summed E-state index contributed by atoms with van der Waals surface area (Å²) in [5.74, 6) is -0.858. The minimum absolute atomic E-state index is 0.118. The van der Waals surface area contributed by atoms with Gasteiger partial charge in [-0.05, 0) is 59.6 Å². The van der Waals surface area contributed by atoms with Gasteiger partial charge in [0.1, 0.15) is 5.82 Å². The minimum atomic E-state index is -0.381. The van der Waals surface area contributed by atoms with E-state index in [9.17, 15) is 14.0 Å². The molecule has 0 spiro atoms. The Balaban J connectivity index is 1.92. The Labute approximate surface area is 148 Å². The lowest BCUT2D eigenvalue weighted by atomic mass is 10.1. The monoisotopic (exact) mass is 392 g/mol. The molecule has 0 fully saturated rings. The first-order valence-corrected chi connectivity index (χ1v) is 8.27. The van der Waals surface area contributed by atoms with E-state index in [0.29, 0.717) is 16.8 Å². The van der Waals surface area contributed by atoms with Crippen molar-refractivity contribution in [2.24, 2.45) is 0 Å². The molecule has 0 aliphatic heterocycles. The van der Waals surface area contributed by atoms with E-state index in [1.807, 2.05) is 6.07 Å². The average Bonchev–Trinajstić information content (AvgIpc) is 2.53. The summed E-state index contributed by atoms with van der Waals surface area (Å²) in [4.78, 5) is 24.2. The van der Waals surface area contributed by atoms with Crippen LogP contribution in [0.5, 0.6) is 0 Å². The van der Waals surface area contributed by atoms with Crippen LogP contribution in [0.1, 0.15) is 29.3 Å². The van der Waals surface area contributed by atoms with Gasteiger partial charge in [0.25, 0.3) is 5.91 Å². The molecule has 24 heavy (non-hydrogen) atoms.